The van der Waals surface area contributed by atoms with Gasteiger partial charge in [0.15, 0.2) is 5.22 Å². The SMILES string of the molecule is Cc1nc2c(C)cccc2c2oc(Cl)cc12. The van der Waals surface area contributed by atoms with Gasteiger partial charge in [0, 0.05) is 22.5 Å². The van der Waals surface area contributed by atoms with Crippen LogP contribution in [0.5, 0.6) is 0 Å². The monoisotopic (exact) mass is 231 g/mol. The lowest BCUT2D eigenvalue weighted by Crippen LogP contribution is -1.87. The molecule has 2 aromatic heterocycles. The molecule has 0 aliphatic carbocycles. The van der Waals surface area contributed by atoms with Gasteiger partial charge >= 0.3 is 0 Å². The van der Waals surface area contributed by atoms with Crippen LogP contribution >= 0.6 is 11.6 Å². The first-order chi connectivity index (χ1) is 7.66. The molecule has 0 aliphatic rings. The molecule has 0 fully saturated rings. The predicted octanol–water partition coefficient (Wildman–Crippen LogP) is 4.25. The van der Waals surface area contributed by atoms with Gasteiger partial charge in [-0.3, -0.25) is 4.98 Å². The Labute approximate surface area is 97.8 Å². The van der Waals surface area contributed by atoms with E-state index in [1.807, 2.05) is 38.1 Å². The first-order valence-electron chi connectivity index (χ1n) is 5.12. The number of nitrogens with zero attached hydrogens (tertiary/aromatic N) is 1. The van der Waals surface area contributed by atoms with Gasteiger partial charge in [0.2, 0.25) is 0 Å². The van der Waals surface area contributed by atoms with Crippen LogP contribution in [0.15, 0.2) is 28.7 Å². The summed E-state index contributed by atoms with van der Waals surface area (Å²) in [5.74, 6) is 0. The van der Waals surface area contributed by atoms with Crippen molar-refractivity contribution in [1.82, 2.24) is 4.98 Å². The van der Waals surface area contributed by atoms with Crippen LogP contribution in [0.25, 0.3) is 21.9 Å². The van der Waals surface area contributed by atoms with E-state index in [-0.39, 0.29) is 0 Å². The number of aromatic nitrogens is 1. The van der Waals surface area contributed by atoms with Crippen molar-refractivity contribution < 1.29 is 4.42 Å². The molecule has 0 bridgehead atoms. The van der Waals surface area contributed by atoms with Crippen molar-refractivity contribution in [2.24, 2.45) is 0 Å². The number of rotatable bonds is 0. The number of fused-ring (bicyclic) bond motifs is 3. The minimum absolute atomic E-state index is 0.411. The Hall–Kier alpha value is -1.54. The van der Waals surface area contributed by atoms with Gasteiger partial charge in [0.1, 0.15) is 5.58 Å². The standard InChI is InChI=1S/C13H10ClNO/c1-7-4-3-5-9-12(7)15-8(2)10-6-11(14)16-13(9)10/h3-6H,1-2H3. The Morgan fingerprint density at radius 2 is 2.00 bits per heavy atom. The van der Waals surface area contributed by atoms with Gasteiger partial charge in [-0.05, 0) is 37.1 Å². The van der Waals surface area contributed by atoms with E-state index in [0.717, 1.165) is 33.1 Å². The summed E-state index contributed by atoms with van der Waals surface area (Å²) in [6, 6.07) is 7.88. The first-order valence-corrected chi connectivity index (χ1v) is 5.49. The molecule has 0 atom stereocenters. The fourth-order valence-electron chi connectivity index (χ4n) is 2.05. The lowest BCUT2D eigenvalue weighted by Gasteiger charge is -2.03. The quantitative estimate of drug-likeness (QED) is 0.578. The third-order valence-corrected chi connectivity index (χ3v) is 3.04. The average molecular weight is 232 g/mol. The van der Waals surface area contributed by atoms with E-state index in [0.29, 0.717) is 5.22 Å². The highest BCUT2D eigenvalue weighted by Gasteiger charge is 2.11. The van der Waals surface area contributed by atoms with E-state index in [1.165, 1.54) is 0 Å². The lowest BCUT2D eigenvalue weighted by molar-refractivity contribution is 0.621. The predicted molar refractivity (Wildman–Crippen MR) is 66.0 cm³/mol. The van der Waals surface area contributed by atoms with Crippen molar-refractivity contribution in [2.45, 2.75) is 13.8 Å². The van der Waals surface area contributed by atoms with Crippen LogP contribution in [-0.2, 0) is 0 Å². The van der Waals surface area contributed by atoms with E-state index in [2.05, 4.69) is 4.98 Å². The molecule has 0 saturated heterocycles. The van der Waals surface area contributed by atoms with Crippen molar-refractivity contribution in [3.8, 4) is 0 Å². The topological polar surface area (TPSA) is 26.0 Å². The highest BCUT2D eigenvalue weighted by Crippen LogP contribution is 2.31. The van der Waals surface area contributed by atoms with Crippen molar-refractivity contribution in [3.05, 3.63) is 40.7 Å². The van der Waals surface area contributed by atoms with E-state index >= 15 is 0 Å². The minimum atomic E-state index is 0.411. The summed E-state index contributed by atoms with van der Waals surface area (Å²) in [7, 11) is 0. The second kappa shape index (κ2) is 3.22. The van der Waals surface area contributed by atoms with Crippen molar-refractivity contribution in [1.29, 1.82) is 0 Å². The summed E-state index contributed by atoms with van der Waals surface area (Å²) < 4.78 is 5.54. The van der Waals surface area contributed by atoms with Crippen molar-refractivity contribution in [3.63, 3.8) is 0 Å². The Balaban J connectivity index is 2.63. The highest BCUT2D eigenvalue weighted by molar-refractivity contribution is 6.30. The summed E-state index contributed by atoms with van der Waals surface area (Å²) in [5.41, 5.74) is 3.91. The molecule has 2 nitrogen and oxygen atoms in total. The largest absolute Gasteiger partial charge is 0.444 e. The Morgan fingerprint density at radius 3 is 2.81 bits per heavy atom. The van der Waals surface area contributed by atoms with Crippen LogP contribution < -0.4 is 0 Å². The van der Waals surface area contributed by atoms with Gasteiger partial charge in [-0.1, -0.05) is 12.1 Å². The van der Waals surface area contributed by atoms with Gasteiger partial charge in [0.25, 0.3) is 0 Å². The maximum atomic E-state index is 5.90. The summed E-state index contributed by atoms with van der Waals surface area (Å²) in [5, 5.41) is 2.42. The molecule has 0 amide bonds. The molecule has 3 rings (SSSR count). The molecule has 3 heteroatoms. The van der Waals surface area contributed by atoms with Crippen LogP contribution in [0.3, 0.4) is 0 Å². The van der Waals surface area contributed by atoms with Crippen molar-refractivity contribution in [2.75, 3.05) is 0 Å². The summed E-state index contributed by atoms with van der Waals surface area (Å²) in [4.78, 5) is 4.60. The van der Waals surface area contributed by atoms with E-state index in [4.69, 9.17) is 16.0 Å². The van der Waals surface area contributed by atoms with E-state index in [1.54, 1.807) is 0 Å². The van der Waals surface area contributed by atoms with Crippen LogP contribution in [0.2, 0.25) is 5.22 Å². The zero-order valence-electron chi connectivity index (χ0n) is 9.04. The molecule has 1 aromatic carbocycles. The molecule has 16 heavy (non-hydrogen) atoms. The molecular weight excluding hydrogens is 222 g/mol. The van der Waals surface area contributed by atoms with Gasteiger partial charge < -0.3 is 4.42 Å². The third-order valence-electron chi connectivity index (χ3n) is 2.85. The zero-order valence-corrected chi connectivity index (χ0v) is 9.80. The Morgan fingerprint density at radius 1 is 1.19 bits per heavy atom. The molecule has 0 spiro atoms. The molecule has 0 unspecified atom stereocenters. The molecule has 0 saturated carbocycles. The number of hydrogen-bond donors (Lipinski definition) is 0. The zero-order chi connectivity index (χ0) is 11.3. The first kappa shape index (κ1) is 9.67. The van der Waals surface area contributed by atoms with Gasteiger partial charge in [0.05, 0.1) is 5.52 Å². The molecule has 3 aromatic rings. The smallest absolute Gasteiger partial charge is 0.194 e. The molecule has 0 aliphatic heterocycles. The van der Waals surface area contributed by atoms with E-state index < -0.39 is 0 Å². The minimum Gasteiger partial charge on any atom is -0.444 e. The lowest BCUT2D eigenvalue weighted by atomic mass is 10.1. The number of para-hydroxylation sites is 1. The summed E-state index contributed by atoms with van der Waals surface area (Å²) >= 11 is 5.90. The number of aryl methyl sites for hydroxylation is 2. The van der Waals surface area contributed by atoms with Crippen molar-refractivity contribution >= 4 is 33.5 Å². The number of furan rings is 1. The van der Waals surface area contributed by atoms with E-state index in [9.17, 15) is 0 Å². The van der Waals surface area contributed by atoms with Crippen LogP contribution in [0.1, 0.15) is 11.3 Å². The second-order valence-electron chi connectivity index (χ2n) is 3.96. The summed E-state index contributed by atoms with van der Waals surface area (Å²) in [6.45, 7) is 4.02. The number of benzene rings is 1. The fraction of sp³-hybridized carbons (Fsp3) is 0.154. The molecule has 0 N–H and O–H groups in total. The van der Waals surface area contributed by atoms with Crippen LogP contribution in [0.4, 0.5) is 0 Å². The molecule has 2 heterocycles. The summed E-state index contributed by atoms with van der Waals surface area (Å²) in [6.07, 6.45) is 0. The number of halogens is 1. The highest BCUT2D eigenvalue weighted by atomic mass is 35.5. The molecule has 0 radical (unpaired) electrons. The van der Waals surface area contributed by atoms with Gasteiger partial charge in [-0.15, -0.1) is 0 Å². The Kier molecular flexibility index (Phi) is 1.95. The maximum absolute atomic E-state index is 5.90. The normalized spacial score (nSPS) is 11.4. The van der Waals surface area contributed by atoms with Crippen LogP contribution in [0, 0.1) is 13.8 Å². The molecule has 80 valence electrons. The average Bonchev–Trinajstić information content (AvgIpc) is 2.63. The number of pyridine rings is 1. The molecular formula is C13H10ClNO. The second-order valence-corrected chi connectivity index (χ2v) is 4.33. The third kappa shape index (κ3) is 1.23. The van der Waals surface area contributed by atoms with Crippen LogP contribution in [-0.4, -0.2) is 4.98 Å². The Bertz CT molecular complexity index is 700. The number of hydrogen-bond acceptors (Lipinski definition) is 2. The maximum Gasteiger partial charge on any atom is 0.194 e. The fourth-order valence-corrected chi connectivity index (χ4v) is 2.23. The van der Waals surface area contributed by atoms with Gasteiger partial charge in [-0.2, -0.15) is 0 Å². The van der Waals surface area contributed by atoms with Gasteiger partial charge in [-0.25, -0.2) is 0 Å².